The minimum Gasteiger partial charge on any atom is -0.493 e. The van der Waals surface area contributed by atoms with Crippen molar-refractivity contribution >= 4 is 16.9 Å². The van der Waals surface area contributed by atoms with Crippen LogP contribution in [-0.4, -0.2) is 47.0 Å². The lowest BCUT2D eigenvalue weighted by molar-refractivity contribution is 0.0752. The summed E-state index contributed by atoms with van der Waals surface area (Å²) in [7, 11) is 3.19. The molecule has 3 rings (SSSR count). The summed E-state index contributed by atoms with van der Waals surface area (Å²) in [5.74, 6) is 1.26. The number of hydrogen-bond donors (Lipinski definition) is 1. The first-order valence-corrected chi connectivity index (χ1v) is 7.97. The van der Waals surface area contributed by atoms with E-state index in [1.54, 1.807) is 37.3 Å². The van der Waals surface area contributed by atoms with Gasteiger partial charge in [0, 0.05) is 18.7 Å². The topological polar surface area (TPSA) is 80.3 Å². The van der Waals surface area contributed by atoms with E-state index in [2.05, 4.69) is 15.4 Å². The maximum absolute atomic E-state index is 12.8. The summed E-state index contributed by atoms with van der Waals surface area (Å²) < 4.78 is 10.6. The van der Waals surface area contributed by atoms with Gasteiger partial charge in [-0.2, -0.15) is 15.4 Å². The second-order valence-electron chi connectivity index (χ2n) is 5.54. The Balaban J connectivity index is 1.83. The monoisotopic (exact) mass is 340 g/mol. The van der Waals surface area contributed by atoms with E-state index in [0.717, 1.165) is 11.1 Å². The van der Waals surface area contributed by atoms with E-state index in [-0.39, 0.29) is 5.91 Å². The molecule has 0 radical (unpaired) electrons. The predicted octanol–water partition coefficient (Wildman–Crippen LogP) is 2.64. The number of nitrogens with zero attached hydrogens (tertiary/aromatic N) is 3. The Hall–Kier alpha value is -3.09. The van der Waals surface area contributed by atoms with Crippen LogP contribution in [0.3, 0.4) is 0 Å². The fourth-order valence-corrected chi connectivity index (χ4v) is 2.68. The van der Waals surface area contributed by atoms with Gasteiger partial charge in [-0.05, 0) is 42.8 Å². The molecule has 3 aromatic rings. The molecule has 1 aromatic heterocycles. The molecule has 130 valence electrons. The lowest BCUT2D eigenvalue weighted by Crippen LogP contribution is -2.30. The van der Waals surface area contributed by atoms with Crippen LogP contribution in [0.5, 0.6) is 11.5 Å². The maximum Gasteiger partial charge on any atom is 0.254 e. The quantitative estimate of drug-likeness (QED) is 0.746. The minimum absolute atomic E-state index is 0.0535. The van der Waals surface area contributed by atoms with Crippen molar-refractivity contribution in [2.75, 3.05) is 20.8 Å². The van der Waals surface area contributed by atoms with Crippen LogP contribution < -0.4 is 9.47 Å². The van der Waals surface area contributed by atoms with Crippen molar-refractivity contribution in [1.29, 1.82) is 0 Å². The Bertz CT molecular complexity index is 891. The van der Waals surface area contributed by atoms with Crippen LogP contribution in [0.1, 0.15) is 22.8 Å². The molecule has 0 aliphatic heterocycles. The highest BCUT2D eigenvalue weighted by atomic mass is 16.5. The fraction of sp³-hybridized carbons (Fsp3) is 0.278. The molecule has 2 aromatic carbocycles. The van der Waals surface area contributed by atoms with Crippen LogP contribution >= 0.6 is 0 Å². The summed E-state index contributed by atoms with van der Waals surface area (Å²) in [4.78, 5) is 14.6. The third-order valence-electron chi connectivity index (χ3n) is 4.05. The SMILES string of the molecule is CCN(Cc1ccc(OC)c(OC)c1)C(=O)c1ccc2n[nH]nc2c1. The standard InChI is InChI=1S/C18H20N4O3/c1-4-22(11-12-5-8-16(24-2)17(9-12)25-3)18(23)13-6-7-14-15(10-13)20-21-19-14/h5-10H,4,11H2,1-3H3,(H,19,20,21). The van der Waals surface area contributed by atoms with Gasteiger partial charge in [-0.25, -0.2) is 0 Å². The molecule has 0 saturated carbocycles. The number of aromatic nitrogens is 3. The highest BCUT2D eigenvalue weighted by Gasteiger charge is 2.16. The summed E-state index contributed by atoms with van der Waals surface area (Å²) >= 11 is 0. The largest absolute Gasteiger partial charge is 0.493 e. The fourth-order valence-electron chi connectivity index (χ4n) is 2.68. The highest BCUT2D eigenvalue weighted by Crippen LogP contribution is 2.28. The van der Waals surface area contributed by atoms with Gasteiger partial charge < -0.3 is 14.4 Å². The summed E-state index contributed by atoms with van der Waals surface area (Å²) in [5.41, 5.74) is 2.96. The van der Waals surface area contributed by atoms with Crippen molar-refractivity contribution in [3.8, 4) is 11.5 Å². The van der Waals surface area contributed by atoms with Crippen molar-refractivity contribution in [3.05, 3.63) is 47.5 Å². The molecule has 0 unspecified atom stereocenters. The molecule has 1 heterocycles. The van der Waals surface area contributed by atoms with Gasteiger partial charge in [0.2, 0.25) is 0 Å². The lowest BCUT2D eigenvalue weighted by Gasteiger charge is -2.21. The van der Waals surface area contributed by atoms with E-state index in [1.165, 1.54) is 0 Å². The molecule has 0 aliphatic carbocycles. The van der Waals surface area contributed by atoms with Gasteiger partial charge in [-0.3, -0.25) is 4.79 Å². The number of benzene rings is 2. The van der Waals surface area contributed by atoms with Gasteiger partial charge in [0.25, 0.3) is 5.91 Å². The van der Waals surface area contributed by atoms with Gasteiger partial charge in [0.1, 0.15) is 11.0 Å². The molecule has 1 N–H and O–H groups in total. The van der Waals surface area contributed by atoms with Crippen LogP contribution in [0.25, 0.3) is 11.0 Å². The van der Waals surface area contributed by atoms with Crippen molar-refractivity contribution < 1.29 is 14.3 Å². The predicted molar refractivity (Wildman–Crippen MR) is 93.8 cm³/mol. The van der Waals surface area contributed by atoms with E-state index < -0.39 is 0 Å². The van der Waals surface area contributed by atoms with Crippen molar-refractivity contribution in [3.63, 3.8) is 0 Å². The Morgan fingerprint density at radius 3 is 2.52 bits per heavy atom. The number of fused-ring (bicyclic) bond motifs is 1. The second-order valence-corrected chi connectivity index (χ2v) is 5.54. The third kappa shape index (κ3) is 3.40. The summed E-state index contributed by atoms with van der Waals surface area (Å²) in [6, 6.07) is 11.0. The molecule has 7 heteroatoms. The number of nitrogens with one attached hydrogen (secondary N) is 1. The number of carbonyl (C=O) groups excluding carboxylic acids is 1. The molecule has 0 bridgehead atoms. The molecule has 0 spiro atoms. The van der Waals surface area contributed by atoms with Crippen LogP contribution in [0, 0.1) is 0 Å². The Labute approximate surface area is 145 Å². The van der Waals surface area contributed by atoms with Gasteiger partial charge in [-0.1, -0.05) is 6.07 Å². The highest BCUT2D eigenvalue weighted by molar-refractivity contribution is 5.97. The number of rotatable bonds is 6. The number of aromatic amines is 1. The average molecular weight is 340 g/mol. The van der Waals surface area contributed by atoms with E-state index in [9.17, 15) is 4.79 Å². The molecule has 0 saturated heterocycles. The first kappa shape index (κ1) is 16.8. The minimum atomic E-state index is -0.0535. The Morgan fingerprint density at radius 2 is 1.80 bits per heavy atom. The first-order chi connectivity index (χ1) is 12.2. The van der Waals surface area contributed by atoms with Crippen molar-refractivity contribution in [1.82, 2.24) is 20.3 Å². The van der Waals surface area contributed by atoms with Crippen LogP contribution in [0.15, 0.2) is 36.4 Å². The number of methoxy groups -OCH3 is 2. The lowest BCUT2D eigenvalue weighted by atomic mass is 10.1. The molecule has 25 heavy (non-hydrogen) atoms. The third-order valence-corrected chi connectivity index (χ3v) is 4.05. The van der Waals surface area contributed by atoms with Crippen LogP contribution in [0.2, 0.25) is 0 Å². The first-order valence-electron chi connectivity index (χ1n) is 7.97. The van der Waals surface area contributed by atoms with E-state index in [4.69, 9.17) is 9.47 Å². The number of amides is 1. The zero-order valence-electron chi connectivity index (χ0n) is 14.4. The molecule has 1 amide bonds. The smallest absolute Gasteiger partial charge is 0.254 e. The van der Waals surface area contributed by atoms with Crippen LogP contribution in [0.4, 0.5) is 0 Å². The van der Waals surface area contributed by atoms with E-state index in [0.29, 0.717) is 35.7 Å². The summed E-state index contributed by atoms with van der Waals surface area (Å²) in [6.45, 7) is 3.02. The number of H-pyrrole nitrogens is 1. The van der Waals surface area contributed by atoms with Crippen molar-refractivity contribution in [2.24, 2.45) is 0 Å². The molecular weight excluding hydrogens is 320 g/mol. The van der Waals surface area contributed by atoms with E-state index >= 15 is 0 Å². The van der Waals surface area contributed by atoms with Gasteiger partial charge in [0.05, 0.1) is 14.2 Å². The van der Waals surface area contributed by atoms with Gasteiger partial charge in [-0.15, -0.1) is 0 Å². The second kappa shape index (κ2) is 7.21. The Kier molecular flexibility index (Phi) is 4.83. The number of hydrogen-bond acceptors (Lipinski definition) is 5. The molecule has 0 atom stereocenters. The normalized spacial score (nSPS) is 10.7. The number of ether oxygens (including phenoxy) is 2. The molecular formula is C18H20N4O3. The Morgan fingerprint density at radius 1 is 1.04 bits per heavy atom. The maximum atomic E-state index is 12.8. The van der Waals surface area contributed by atoms with Gasteiger partial charge >= 0.3 is 0 Å². The molecule has 7 nitrogen and oxygen atoms in total. The summed E-state index contributed by atoms with van der Waals surface area (Å²) in [5, 5.41) is 10.6. The average Bonchev–Trinajstić information content (AvgIpc) is 3.13. The van der Waals surface area contributed by atoms with Gasteiger partial charge in [0.15, 0.2) is 11.5 Å². The zero-order valence-corrected chi connectivity index (χ0v) is 14.4. The molecule has 0 aliphatic rings. The molecule has 0 fully saturated rings. The zero-order chi connectivity index (χ0) is 17.8. The number of carbonyl (C=O) groups is 1. The summed E-state index contributed by atoms with van der Waals surface area (Å²) in [6.07, 6.45) is 0. The van der Waals surface area contributed by atoms with Crippen LogP contribution in [-0.2, 0) is 6.54 Å². The van der Waals surface area contributed by atoms with E-state index in [1.807, 2.05) is 25.1 Å². The van der Waals surface area contributed by atoms with Crippen molar-refractivity contribution in [2.45, 2.75) is 13.5 Å².